The predicted octanol–water partition coefficient (Wildman–Crippen LogP) is 2.66. The van der Waals surface area contributed by atoms with Crippen molar-refractivity contribution in [2.45, 2.75) is 18.7 Å². The second-order valence-corrected chi connectivity index (χ2v) is 4.04. The molecule has 0 bridgehead atoms. The average Bonchev–Trinajstić information content (AvgIpc) is 2.20. The van der Waals surface area contributed by atoms with E-state index in [1.54, 1.807) is 7.11 Å². The molecule has 0 aromatic heterocycles. The van der Waals surface area contributed by atoms with Crippen molar-refractivity contribution in [3.63, 3.8) is 0 Å². The Bertz CT molecular complexity index is 289. The van der Waals surface area contributed by atoms with Crippen molar-refractivity contribution in [2.75, 3.05) is 19.5 Å². The molecule has 1 N–H and O–H groups in total. The quantitative estimate of drug-likeness (QED) is 0.459. The van der Waals surface area contributed by atoms with Crippen LogP contribution >= 0.6 is 11.8 Å². The molecule has 0 unspecified atom stereocenters. The molecule has 0 amide bonds. The van der Waals surface area contributed by atoms with Crippen LogP contribution in [0, 0.1) is 6.92 Å². The first-order valence-corrected chi connectivity index (χ1v) is 5.74. The van der Waals surface area contributed by atoms with Gasteiger partial charge >= 0.3 is 0 Å². The second-order valence-electron chi connectivity index (χ2n) is 3.02. The molecule has 0 aliphatic rings. The Kier molecular flexibility index (Phi) is 4.84. The summed E-state index contributed by atoms with van der Waals surface area (Å²) in [4.78, 5) is 1.31. The number of aryl methyl sites for hydroxylation is 1. The van der Waals surface area contributed by atoms with E-state index >= 15 is 0 Å². The zero-order chi connectivity index (χ0) is 10.4. The predicted molar refractivity (Wildman–Crippen MR) is 62.1 cm³/mol. The van der Waals surface area contributed by atoms with Crippen LogP contribution in [-0.2, 0) is 0 Å². The van der Waals surface area contributed by atoms with Gasteiger partial charge in [0.2, 0.25) is 0 Å². The van der Waals surface area contributed by atoms with Crippen molar-refractivity contribution < 1.29 is 4.74 Å². The Morgan fingerprint density at radius 1 is 1.43 bits per heavy atom. The standard InChI is InChI=1S/C11H17NOS/c1-4-12-8-14-11-6-5-10(13-3)7-9(11)2/h5-7,12H,4,8H2,1-3H3. The van der Waals surface area contributed by atoms with Crippen molar-refractivity contribution >= 4 is 11.8 Å². The minimum absolute atomic E-state index is 0.926. The lowest BCUT2D eigenvalue weighted by atomic mass is 10.2. The highest BCUT2D eigenvalue weighted by atomic mass is 32.2. The fraction of sp³-hybridized carbons (Fsp3) is 0.455. The van der Waals surface area contributed by atoms with Gasteiger partial charge < -0.3 is 10.1 Å². The van der Waals surface area contributed by atoms with Crippen LogP contribution in [0.25, 0.3) is 0 Å². The van der Waals surface area contributed by atoms with Crippen LogP contribution in [0.4, 0.5) is 0 Å². The maximum Gasteiger partial charge on any atom is 0.119 e. The van der Waals surface area contributed by atoms with Gasteiger partial charge in [0, 0.05) is 10.8 Å². The summed E-state index contributed by atoms with van der Waals surface area (Å²) in [5.41, 5.74) is 1.27. The average molecular weight is 211 g/mol. The van der Waals surface area contributed by atoms with Gasteiger partial charge in [0.25, 0.3) is 0 Å². The lowest BCUT2D eigenvalue weighted by Crippen LogP contribution is -2.10. The lowest BCUT2D eigenvalue weighted by Gasteiger charge is -2.07. The van der Waals surface area contributed by atoms with E-state index in [4.69, 9.17) is 4.74 Å². The summed E-state index contributed by atoms with van der Waals surface area (Å²) in [5, 5.41) is 3.28. The molecule has 0 fully saturated rings. The fourth-order valence-electron chi connectivity index (χ4n) is 1.14. The number of hydrogen-bond donors (Lipinski definition) is 1. The molecule has 78 valence electrons. The van der Waals surface area contributed by atoms with Crippen molar-refractivity contribution in [2.24, 2.45) is 0 Å². The van der Waals surface area contributed by atoms with E-state index in [0.717, 1.165) is 18.2 Å². The first-order valence-electron chi connectivity index (χ1n) is 4.76. The Balaban J connectivity index is 2.59. The fourth-order valence-corrected chi connectivity index (χ4v) is 2.05. The number of benzene rings is 1. The molecule has 0 aliphatic carbocycles. The highest BCUT2D eigenvalue weighted by molar-refractivity contribution is 7.99. The number of methoxy groups -OCH3 is 1. The van der Waals surface area contributed by atoms with E-state index in [1.165, 1.54) is 10.5 Å². The summed E-state index contributed by atoms with van der Waals surface area (Å²) >= 11 is 1.82. The van der Waals surface area contributed by atoms with Crippen LogP contribution in [-0.4, -0.2) is 19.5 Å². The molecule has 3 heteroatoms. The van der Waals surface area contributed by atoms with E-state index in [9.17, 15) is 0 Å². The number of thioether (sulfide) groups is 1. The van der Waals surface area contributed by atoms with Crippen LogP contribution < -0.4 is 10.1 Å². The summed E-state index contributed by atoms with van der Waals surface area (Å²) < 4.78 is 5.15. The van der Waals surface area contributed by atoms with Gasteiger partial charge in [0.15, 0.2) is 0 Å². The zero-order valence-corrected chi connectivity index (χ0v) is 9.78. The largest absolute Gasteiger partial charge is 0.497 e. The first-order chi connectivity index (χ1) is 6.77. The molecule has 1 aromatic rings. The number of nitrogens with one attached hydrogen (secondary N) is 1. The molecule has 0 saturated carbocycles. The van der Waals surface area contributed by atoms with Gasteiger partial charge in [-0.05, 0) is 37.2 Å². The molecule has 14 heavy (non-hydrogen) atoms. The van der Waals surface area contributed by atoms with Crippen LogP contribution in [0.2, 0.25) is 0 Å². The minimum atomic E-state index is 0.926. The maximum absolute atomic E-state index is 5.15. The van der Waals surface area contributed by atoms with Crippen LogP contribution in [0.1, 0.15) is 12.5 Å². The molecule has 0 heterocycles. The van der Waals surface area contributed by atoms with Gasteiger partial charge in [-0.15, -0.1) is 11.8 Å². The molecular formula is C11H17NOS. The number of ether oxygens (including phenoxy) is 1. The highest BCUT2D eigenvalue weighted by Gasteiger charge is 2.00. The third-order valence-electron chi connectivity index (χ3n) is 1.96. The smallest absolute Gasteiger partial charge is 0.119 e. The van der Waals surface area contributed by atoms with Crippen LogP contribution in [0.5, 0.6) is 5.75 Å². The Hall–Kier alpha value is -0.670. The molecular weight excluding hydrogens is 194 g/mol. The van der Waals surface area contributed by atoms with Crippen molar-refractivity contribution in [1.82, 2.24) is 5.32 Å². The van der Waals surface area contributed by atoms with Gasteiger partial charge in [-0.1, -0.05) is 6.92 Å². The van der Waals surface area contributed by atoms with Crippen molar-refractivity contribution in [1.29, 1.82) is 0 Å². The van der Waals surface area contributed by atoms with Gasteiger partial charge in [0.05, 0.1) is 7.11 Å². The van der Waals surface area contributed by atoms with E-state index in [0.29, 0.717) is 0 Å². The first kappa shape index (κ1) is 11.4. The molecule has 0 radical (unpaired) electrons. The normalized spacial score (nSPS) is 10.2. The Morgan fingerprint density at radius 2 is 2.21 bits per heavy atom. The molecule has 1 aromatic carbocycles. The second kappa shape index (κ2) is 5.94. The van der Waals surface area contributed by atoms with Crippen molar-refractivity contribution in [3.05, 3.63) is 23.8 Å². The lowest BCUT2D eigenvalue weighted by molar-refractivity contribution is 0.414. The Labute approximate surface area is 90.0 Å². The SMILES string of the molecule is CCNCSc1ccc(OC)cc1C. The molecule has 0 spiro atoms. The van der Waals surface area contributed by atoms with Crippen LogP contribution in [0.3, 0.4) is 0 Å². The number of rotatable bonds is 5. The summed E-state index contributed by atoms with van der Waals surface area (Å²) in [5.74, 6) is 1.89. The van der Waals surface area contributed by atoms with E-state index in [1.807, 2.05) is 17.8 Å². The molecule has 1 rings (SSSR count). The molecule has 0 atom stereocenters. The van der Waals surface area contributed by atoms with E-state index < -0.39 is 0 Å². The van der Waals surface area contributed by atoms with Crippen molar-refractivity contribution in [3.8, 4) is 5.75 Å². The minimum Gasteiger partial charge on any atom is -0.497 e. The number of hydrogen-bond acceptors (Lipinski definition) is 3. The summed E-state index contributed by atoms with van der Waals surface area (Å²) in [6.45, 7) is 5.24. The summed E-state index contributed by atoms with van der Waals surface area (Å²) in [6.07, 6.45) is 0. The van der Waals surface area contributed by atoms with Gasteiger partial charge in [0.1, 0.15) is 5.75 Å². The topological polar surface area (TPSA) is 21.3 Å². The van der Waals surface area contributed by atoms with E-state index in [2.05, 4.69) is 31.3 Å². The van der Waals surface area contributed by atoms with Gasteiger partial charge in [-0.3, -0.25) is 0 Å². The highest BCUT2D eigenvalue weighted by Crippen LogP contribution is 2.25. The molecule has 0 aliphatic heterocycles. The Morgan fingerprint density at radius 3 is 2.79 bits per heavy atom. The van der Waals surface area contributed by atoms with Gasteiger partial charge in [-0.2, -0.15) is 0 Å². The third-order valence-corrected chi connectivity index (χ3v) is 3.08. The molecule has 2 nitrogen and oxygen atoms in total. The summed E-state index contributed by atoms with van der Waals surface area (Å²) in [6, 6.07) is 6.17. The third kappa shape index (κ3) is 3.24. The van der Waals surface area contributed by atoms with E-state index in [-0.39, 0.29) is 0 Å². The molecule has 0 saturated heterocycles. The zero-order valence-electron chi connectivity index (χ0n) is 8.96. The monoisotopic (exact) mass is 211 g/mol. The van der Waals surface area contributed by atoms with Crippen LogP contribution in [0.15, 0.2) is 23.1 Å². The maximum atomic E-state index is 5.15. The summed E-state index contributed by atoms with van der Waals surface area (Å²) in [7, 11) is 1.69. The van der Waals surface area contributed by atoms with Gasteiger partial charge in [-0.25, -0.2) is 0 Å².